The largest absolute Gasteiger partial charge is 0.412 e. The Morgan fingerprint density at radius 1 is 1.12 bits per heavy atom. The predicted molar refractivity (Wildman–Crippen MR) is 69.7 cm³/mol. The number of rotatable bonds is 3. The Bertz CT molecular complexity index is 371. The molecule has 1 N–H and O–H groups in total. The molecular formula is C14H21NO2. The zero-order chi connectivity index (χ0) is 13.0. The number of ether oxygens (including phenoxy) is 1. The van der Waals surface area contributed by atoms with Gasteiger partial charge in [0.1, 0.15) is 5.75 Å². The minimum Gasteiger partial charge on any atom is -0.410 e. The maximum absolute atomic E-state index is 11.4. The van der Waals surface area contributed by atoms with Crippen LogP contribution in [0.3, 0.4) is 0 Å². The van der Waals surface area contributed by atoms with Crippen LogP contribution in [-0.2, 0) is 0 Å². The van der Waals surface area contributed by atoms with Gasteiger partial charge in [-0.05, 0) is 23.0 Å². The Kier molecular flexibility index (Phi) is 4.55. The van der Waals surface area contributed by atoms with Crippen molar-refractivity contribution in [1.29, 1.82) is 0 Å². The van der Waals surface area contributed by atoms with Gasteiger partial charge in [0.2, 0.25) is 0 Å². The molecule has 1 aromatic rings. The second-order valence-electron chi connectivity index (χ2n) is 4.71. The zero-order valence-corrected chi connectivity index (χ0v) is 11.2. The first-order chi connectivity index (χ1) is 7.97. The van der Waals surface area contributed by atoms with Gasteiger partial charge in [-0.3, -0.25) is 0 Å². The predicted octanol–water partition coefficient (Wildman–Crippen LogP) is 3.65. The molecule has 0 heterocycles. The molecule has 0 fully saturated rings. The van der Waals surface area contributed by atoms with Crippen molar-refractivity contribution in [3.63, 3.8) is 0 Å². The summed E-state index contributed by atoms with van der Waals surface area (Å²) >= 11 is 0. The Morgan fingerprint density at radius 3 is 1.94 bits per heavy atom. The standard InChI is InChI=1S/C14H21NO2/c1-9(2)11-7-6-8-12(10(3)4)13(11)17-14(16)15-5/h6-10H,1-5H3,(H,15,16). The van der Waals surface area contributed by atoms with E-state index in [1.165, 1.54) is 0 Å². The SMILES string of the molecule is CNC(=O)Oc1c(C(C)C)cccc1C(C)C. The molecule has 94 valence electrons. The second kappa shape index (κ2) is 5.71. The van der Waals surface area contributed by atoms with Crippen LogP contribution in [0.1, 0.15) is 50.7 Å². The smallest absolute Gasteiger partial charge is 0.410 e. The van der Waals surface area contributed by atoms with Crippen LogP contribution in [0.25, 0.3) is 0 Å². The lowest BCUT2D eigenvalue weighted by Crippen LogP contribution is -2.23. The van der Waals surface area contributed by atoms with Crippen LogP contribution in [0.2, 0.25) is 0 Å². The van der Waals surface area contributed by atoms with Crippen LogP contribution in [0.5, 0.6) is 5.75 Å². The third-order valence-electron chi connectivity index (χ3n) is 2.72. The summed E-state index contributed by atoms with van der Waals surface area (Å²) in [5.41, 5.74) is 2.14. The number of para-hydroxylation sites is 1. The van der Waals surface area contributed by atoms with Crippen LogP contribution in [0.15, 0.2) is 18.2 Å². The van der Waals surface area contributed by atoms with E-state index in [9.17, 15) is 4.79 Å². The van der Waals surface area contributed by atoms with Gasteiger partial charge in [-0.2, -0.15) is 0 Å². The van der Waals surface area contributed by atoms with Gasteiger partial charge in [-0.15, -0.1) is 0 Å². The van der Waals surface area contributed by atoms with Crippen molar-refractivity contribution in [3.05, 3.63) is 29.3 Å². The summed E-state index contributed by atoms with van der Waals surface area (Å²) in [6.45, 7) is 8.37. The zero-order valence-electron chi connectivity index (χ0n) is 11.2. The van der Waals surface area contributed by atoms with Gasteiger partial charge in [0.25, 0.3) is 0 Å². The molecule has 1 rings (SSSR count). The van der Waals surface area contributed by atoms with E-state index < -0.39 is 6.09 Å². The monoisotopic (exact) mass is 235 g/mol. The molecule has 0 atom stereocenters. The van der Waals surface area contributed by atoms with E-state index in [0.717, 1.165) is 11.1 Å². The van der Waals surface area contributed by atoms with Crippen molar-refractivity contribution in [2.75, 3.05) is 7.05 Å². The van der Waals surface area contributed by atoms with E-state index in [0.29, 0.717) is 17.6 Å². The second-order valence-corrected chi connectivity index (χ2v) is 4.71. The van der Waals surface area contributed by atoms with Crippen molar-refractivity contribution in [1.82, 2.24) is 5.32 Å². The molecule has 0 aliphatic carbocycles. The average Bonchev–Trinajstić information content (AvgIpc) is 2.28. The van der Waals surface area contributed by atoms with Crippen molar-refractivity contribution < 1.29 is 9.53 Å². The van der Waals surface area contributed by atoms with Gasteiger partial charge < -0.3 is 10.1 Å². The Balaban J connectivity index is 3.23. The summed E-state index contributed by atoms with van der Waals surface area (Å²) in [4.78, 5) is 11.4. The molecule has 0 unspecified atom stereocenters. The molecule has 1 amide bonds. The summed E-state index contributed by atoms with van der Waals surface area (Å²) in [6, 6.07) is 6.03. The molecule has 1 aromatic carbocycles. The fourth-order valence-corrected chi connectivity index (χ4v) is 1.74. The molecule has 0 aliphatic heterocycles. The van der Waals surface area contributed by atoms with Crippen LogP contribution < -0.4 is 10.1 Å². The first kappa shape index (κ1) is 13.6. The van der Waals surface area contributed by atoms with Gasteiger partial charge in [0, 0.05) is 7.05 Å². The van der Waals surface area contributed by atoms with Crippen molar-refractivity contribution >= 4 is 6.09 Å². The number of hydrogen-bond acceptors (Lipinski definition) is 2. The topological polar surface area (TPSA) is 38.3 Å². The molecule has 0 radical (unpaired) electrons. The number of amides is 1. The molecule has 17 heavy (non-hydrogen) atoms. The van der Waals surface area contributed by atoms with Gasteiger partial charge in [-0.1, -0.05) is 45.9 Å². The molecular weight excluding hydrogens is 214 g/mol. The van der Waals surface area contributed by atoms with Crippen molar-refractivity contribution in [3.8, 4) is 5.75 Å². The van der Waals surface area contributed by atoms with E-state index in [1.807, 2.05) is 18.2 Å². The Hall–Kier alpha value is -1.51. The molecule has 0 aromatic heterocycles. The Morgan fingerprint density at radius 2 is 1.59 bits per heavy atom. The highest BCUT2D eigenvalue weighted by Crippen LogP contribution is 2.34. The molecule has 0 spiro atoms. The third-order valence-corrected chi connectivity index (χ3v) is 2.72. The van der Waals surface area contributed by atoms with Crippen LogP contribution in [0, 0.1) is 0 Å². The highest BCUT2D eigenvalue weighted by Gasteiger charge is 2.17. The molecule has 0 aliphatic rings. The number of hydrogen-bond donors (Lipinski definition) is 1. The van der Waals surface area contributed by atoms with Gasteiger partial charge in [0.15, 0.2) is 0 Å². The van der Waals surface area contributed by atoms with Crippen LogP contribution >= 0.6 is 0 Å². The van der Waals surface area contributed by atoms with E-state index in [2.05, 4.69) is 33.0 Å². The lowest BCUT2D eigenvalue weighted by Gasteiger charge is -2.18. The number of carbonyl (C=O) groups is 1. The molecule has 0 saturated carbocycles. The van der Waals surface area contributed by atoms with E-state index >= 15 is 0 Å². The number of nitrogens with one attached hydrogen (secondary N) is 1. The normalized spacial score (nSPS) is 10.8. The van der Waals surface area contributed by atoms with E-state index in [4.69, 9.17) is 4.74 Å². The number of benzene rings is 1. The average molecular weight is 235 g/mol. The van der Waals surface area contributed by atoms with Gasteiger partial charge in [0.05, 0.1) is 0 Å². The molecule has 0 saturated heterocycles. The maximum Gasteiger partial charge on any atom is 0.412 e. The lowest BCUT2D eigenvalue weighted by molar-refractivity contribution is 0.202. The summed E-state index contributed by atoms with van der Waals surface area (Å²) in [5.74, 6) is 1.36. The summed E-state index contributed by atoms with van der Waals surface area (Å²) in [7, 11) is 1.56. The first-order valence-electron chi connectivity index (χ1n) is 5.99. The van der Waals surface area contributed by atoms with Crippen molar-refractivity contribution in [2.45, 2.75) is 39.5 Å². The minimum atomic E-state index is -0.417. The molecule has 3 nitrogen and oxygen atoms in total. The van der Waals surface area contributed by atoms with Crippen LogP contribution in [-0.4, -0.2) is 13.1 Å². The highest BCUT2D eigenvalue weighted by molar-refractivity contribution is 5.71. The number of carbonyl (C=O) groups excluding carboxylic acids is 1. The molecule has 0 bridgehead atoms. The minimum absolute atomic E-state index is 0.327. The van der Waals surface area contributed by atoms with Crippen LogP contribution in [0.4, 0.5) is 4.79 Å². The van der Waals surface area contributed by atoms with Gasteiger partial charge >= 0.3 is 6.09 Å². The quantitative estimate of drug-likeness (QED) is 0.868. The summed E-state index contributed by atoms with van der Waals surface area (Å²) in [5, 5.41) is 2.48. The highest BCUT2D eigenvalue weighted by atomic mass is 16.6. The maximum atomic E-state index is 11.4. The summed E-state index contributed by atoms with van der Waals surface area (Å²) < 4.78 is 5.40. The van der Waals surface area contributed by atoms with Crippen molar-refractivity contribution in [2.24, 2.45) is 0 Å². The first-order valence-corrected chi connectivity index (χ1v) is 5.99. The Labute approximate surface area is 103 Å². The third kappa shape index (κ3) is 3.22. The lowest BCUT2D eigenvalue weighted by atomic mass is 9.94. The fourth-order valence-electron chi connectivity index (χ4n) is 1.74. The summed E-state index contributed by atoms with van der Waals surface area (Å²) in [6.07, 6.45) is -0.417. The van der Waals surface area contributed by atoms with Gasteiger partial charge in [-0.25, -0.2) is 4.79 Å². The van der Waals surface area contributed by atoms with E-state index in [1.54, 1.807) is 7.05 Å². The molecule has 3 heteroatoms. The fraction of sp³-hybridized carbons (Fsp3) is 0.500. The van der Waals surface area contributed by atoms with E-state index in [-0.39, 0.29) is 0 Å².